The van der Waals surface area contributed by atoms with Crippen molar-refractivity contribution in [1.29, 1.82) is 0 Å². The fraction of sp³-hybridized carbons (Fsp3) is 0.300. The van der Waals surface area contributed by atoms with Crippen LogP contribution in [0.15, 0.2) is 48.5 Å². The second kappa shape index (κ2) is 8.99. The first-order valence-corrected chi connectivity index (χ1v) is 8.22. The van der Waals surface area contributed by atoms with Gasteiger partial charge in [-0.1, -0.05) is 30.3 Å². The first kappa shape index (κ1) is 18.7. The second-order valence-electron chi connectivity index (χ2n) is 6.00. The van der Waals surface area contributed by atoms with Crippen molar-refractivity contribution in [2.75, 3.05) is 13.7 Å². The smallest absolute Gasteiger partial charge is 0.218 e. The van der Waals surface area contributed by atoms with E-state index < -0.39 is 0 Å². The van der Waals surface area contributed by atoms with Crippen LogP contribution in [0.4, 0.5) is 0 Å². The number of hydrogen-bond donors (Lipinski definition) is 1. The second-order valence-corrected chi connectivity index (χ2v) is 6.00. The standard InChI is InChI=1S/C20H24N2O3/c1-15(23)17-8-9-19(25-2)18(12-17)14-22(11-10-20(21)24)13-16-6-4-3-5-7-16/h3-9,12H,10-11,13-14H2,1-2H3,(H2,21,24). The maximum Gasteiger partial charge on any atom is 0.218 e. The van der Waals surface area contributed by atoms with Gasteiger partial charge in [0.2, 0.25) is 5.91 Å². The topological polar surface area (TPSA) is 72.6 Å². The SMILES string of the molecule is COc1ccc(C(C)=O)cc1CN(CCC(N)=O)Cc1ccccc1. The van der Waals surface area contributed by atoms with Crippen molar-refractivity contribution >= 4 is 11.7 Å². The molecule has 2 aromatic carbocycles. The molecule has 0 saturated carbocycles. The lowest BCUT2D eigenvalue weighted by molar-refractivity contribution is -0.118. The van der Waals surface area contributed by atoms with Crippen LogP contribution < -0.4 is 10.5 Å². The maximum atomic E-state index is 11.7. The Morgan fingerprint density at radius 1 is 1.08 bits per heavy atom. The summed E-state index contributed by atoms with van der Waals surface area (Å²) in [5, 5.41) is 0. The van der Waals surface area contributed by atoms with Crippen LogP contribution in [0.2, 0.25) is 0 Å². The molecule has 0 atom stereocenters. The summed E-state index contributed by atoms with van der Waals surface area (Å²) in [6, 6.07) is 15.4. The number of ether oxygens (including phenoxy) is 1. The van der Waals surface area contributed by atoms with Crippen LogP contribution in [0.1, 0.15) is 34.8 Å². The molecule has 2 aromatic rings. The summed E-state index contributed by atoms with van der Waals surface area (Å²) in [7, 11) is 1.61. The molecule has 0 heterocycles. The minimum Gasteiger partial charge on any atom is -0.496 e. The number of carbonyl (C=O) groups excluding carboxylic acids is 2. The monoisotopic (exact) mass is 340 g/mol. The van der Waals surface area contributed by atoms with Gasteiger partial charge in [0.15, 0.2) is 5.78 Å². The fourth-order valence-corrected chi connectivity index (χ4v) is 2.69. The Bertz CT molecular complexity index is 729. The Morgan fingerprint density at radius 3 is 2.40 bits per heavy atom. The number of nitrogens with two attached hydrogens (primary N) is 1. The summed E-state index contributed by atoms with van der Waals surface area (Å²) in [5.41, 5.74) is 8.02. The Kier molecular flexibility index (Phi) is 6.71. The van der Waals surface area contributed by atoms with Gasteiger partial charge in [-0.2, -0.15) is 0 Å². The van der Waals surface area contributed by atoms with Gasteiger partial charge in [0, 0.05) is 37.2 Å². The van der Waals surface area contributed by atoms with Crippen molar-refractivity contribution in [2.45, 2.75) is 26.4 Å². The first-order valence-electron chi connectivity index (χ1n) is 8.22. The summed E-state index contributed by atoms with van der Waals surface area (Å²) in [5.74, 6) is 0.403. The van der Waals surface area contributed by atoms with E-state index in [2.05, 4.69) is 4.90 Å². The molecule has 132 valence electrons. The first-order chi connectivity index (χ1) is 12.0. The fourth-order valence-electron chi connectivity index (χ4n) is 2.69. The molecule has 0 fully saturated rings. The number of methoxy groups -OCH3 is 1. The van der Waals surface area contributed by atoms with Gasteiger partial charge in [0.25, 0.3) is 0 Å². The van der Waals surface area contributed by atoms with E-state index in [4.69, 9.17) is 10.5 Å². The summed E-state index contributed by atoms with van der Waals surface area (Å²) in [6.45, 7) is 3.33. The van der Waals surface area contributed by atoms with Crippen LogP contribution in [0.25, 0.3) is 0 Å². The minimum absolute atomic E-state index is 0.00986. The maximum absolute atomic E-state index is 11.7. The van der Waals surface area contributed by atoms with Crippen LogP contribution in [-0.2, 0) is 17.9 Å². The highest BCUT2D eigenvalue weighted by atomic mass is 16.5. The van der Waals surface area contributed by atoms with Crippen molar-refractivity contribution in [3.8, 4) is 5.75 Å². The Hall–Kier alpha value is -2.66. The van der Waals surface area contributed by atoms with Gasteiger partial charge < -0.3 is 10.5 Å². The predicted octanol–water partition coefficient (Wildman–Crippen LogP) is 2.78. The van der Waals surface area contributed by atoms with Crippen molar-refractivity contribution in [2.24, 2.45) is 5.73 Å². The molecule has 0 aromatic heterocycles. The lowest BCUT2D eigenvalue weighted by Crippen LogP contribution is -2.28. The van der Waals surface area contributed by atoms with E-state index in [1.54, 1.807) is 26.2 Å². The minimum atomic E-state index is -0.331. The third kappa shape index (κ3) is 5.72. The highest BCUT2D eigenvalue weighted by Gasteiger charge is 2.13. The van der Waals surface area contributed by atoms with Gasteiger partial charge in [0.1, 0.15) is 5.75 Å². The van der Waals surface area contributed by atoms with Crippen molar-refractivity contribution in [3.05, 3.63) is 65.2 Å². The molecule has 1 amide bonds. The average molecular weight is 340 g/mol. The molecule has 5 heteroatoms. The molecule has 2 rings (SSSR count). The van der Waals surface area contributed by atoms with Crippen LogP contribution >= 0.6 is 0 Å². The van der Waals surface area contributed by atoms with Gasteiger partial charge in [-0.05, 0) is 30.7 Å². The molecular formula is C20H24N2O3. The molecule has 0 radical (unpaired) electrons. The molecule has 0 aliphatic carbocycles. The molecule has 0 saturated heterocycles. The molecule has 2 N–H and O–H groups in total. The van der Waals surface area contributed by atoms with Crippen LogP contribution in [0.3, 0.4) is 0 Å². The van der Waals surface area contributed by atoms with Crippen LogP contribution in [0.5, 0.6) is 5.75 Å². The zero-order valence-electron chi connectivity index (χ0n) is 14.7. The summed E-state index contributed by atoms with van der Waals surface area (Å²) in [4.78, 5) is 25.0. The number of benzene rings is 2. The number of carbonyl (C=O) groups is 2. The summed E-state index contributed by atoms with van der Waals surface area (Å²) < 4.78 is 5.43. The van der Waals surface area contributed by atoms with E-state index in [1.807, 2.05) is 36.4 Å². The summed E-state index contributed by atoms with van der Waals surface area (Å²) >= 11 is 0. The lowest BCUT2D eigenvalue weighted by Gasteiger charge is -2.23. The van der Waals surface area contributed by atoms with Crippen molar-refractivity contribution < 1.29 is 14.3 Å². The normalized spacial score (nSPS) is 10.7. The van der Waals surface area contributed by atoms with Gasteiger partial charge in [0.05, 0.1) is 7.11 Å². The molecule has 5 nitrogen and oxygen atoms in total. The quantitative estimate of drug-likeness (QED) is 0.713. The largest absolute Gasteiger partial charge is 0.496 e. The number of ketones is 1. The van der Waals surface area contributed by atoms with Gasteiger partial charge in [-0.15, -0.1) is 0 Å². The van der Waals surface area contributed by atoms with Crippen molar-refractivity contribution in [3.63, 3.8) is 0 Å². The molecular weight excluding hydrogens is 316 g/mol. The van der Waals surface area contributed by atoms with Gasteiger partial charge in [-0.25, -0.2) is 0 Å². The molecule has 25 heavy (non-hydrogen) atoms. The van der Waals surface area contributed by atoms with Crippen molar-refractivity contribution in [1.82, 2.24) is 4.90 Å². The van der Waals surface area contributed by atoms with Gasteiger partial charge >= 0.3 is 0 Å². The van der Waals surface area contributed by atoms with E-state index in [0.717, 1.165) is 16.9 Å². The van der Waals surface area contributed by atoms with Gasteiger partial charge in [-0.3, -0.25) is 14.5 Å². The Balaban J connectivity index is 2.23. The third-order valence-electron chi connectivity index (χ3n) is 4.00. The third-order valence-corrected chi connectivity index (χ3v) is 4.00. The Labute approximate surface area is 148 Å². The molecule has 0 spiro atoms. The molecule has 0 unspecified atom stereocenters. The zero-order valence-corrected chi connectivity index (χ0v) is 14.7. The highest BCUT2D eigenvalue weighted by molar-refractivity contribution is 5.94. The van der Waals surface area contributed by atoms with E-state index in [9.17, 15) is 9.59 Å². The number of amides is 1. The number of nitrogens with zero attached hydrogens (tertiary/aromatic N) is 1. The van der Waals surface area contributed by atoms with E-state index in [-0.39, 0.29) is 18.1 Å². The average Bonchev–Trinajstić information content (AvgIpc) is 2.60. The number of primary amides is 1. The lowest BCUT2D eigenvalue weighted by atomic mass is 10.1. The Morgan fingerprint density at radius 2 is 1.80 bits per heavy atom. The molecule has 0 aliphatic heterocycles. The van der Waals surface area contributed by atoms with E-state index in [0.29, 0.717) is 25.2 Å². The highest BCUT2D eigenvalue weighted by Crippen LogP contribution is 2.23. The zero-order chi connectivity index (χ0) is 18.2. The molecule has 0 bridgehead atoms. The number of rotatable bonds is 9. The number of hydrogen-bond acceptors (Lipinski definition) is 4. The van der Waals surface area contributed by atoms with Crippen LogP contribution in [0, 0.1) is 0 Å². The summed E-state index contributed by atoms with van der Waals surface area (Å²) in [6.07, 6.45) is 0.279. The molecule has 0 aliphatic rings. The van der Waals surface area contributed by atoms with E-state index >= 15 is 0 Å². The van der Waals surface area contributed by atoms with E-state index in [1.165, 1.54) is 0 Å². The van der Waals surface area contributed by atoms with Crippen LogP contribution in [-0.4, -0.2) is 30.2 Å². The number of Topliss-reactive ketones (excluding diaryl/α,β-unsaturated/α-hetero) is 1. The predicted molar refractivity (Wildman–Crippen MR) is 97.4 cm³/mol.